The molecule has 0 amide bonds. The summed E-state index contributed by atoms with van der Waals surface area (Å²) in [5.74, 6) is 0.224. The topological polar surface area (TPSA) is 41.8 Å². The van der Waals surface area contributed by atoms with E-state index >= 15 is 0 Å². The summed E-state index contributed by atoms with van der Waals surface area (Å²) >= 11 is 0. The van der Waals surface area contributed by atoms with E-state index in [1.807, 2.05) is 0 Å². The first-order valence-corrected chi connectivity index (χ1v) is 7.04. The standard InChI is InChI=1S/C18H20N2/c1-12-6-5-7-14(10-12)16(11-19)18-13(2)15-8-3-4-9-17(15)20-18/h3-10,16,20H,11,19H2,1-2H3. The molecule has 0 saturated heterocycles. The Morgan fingerprint density at radius 2 is 1.85 bits per heavy atom. The summed E-state index contributed by atoms with van der Waals surface area (Å²) < 4.78 is 0. The minimum Gasteiger partial charge on any atom is -0.358 e. The Bertz CT molecular complexity index is 740. The van der Waals surface area contributed by atoms with Gasteiger partial charge in [-0.05, 0) is 31.0 Å². The lowest BCUT2D eigenvalue weighted by Gasteiger charge is -2.16. The number of nitrogens with two attached hydrogens (primary N) is 1. The molecule has 0 bridgehead atoms. The lowest BCUT2D eigenvalue weighted by atomic mass is 9.92. The zero-order chi connectivity index (χ0) is 14.1. The lowest BCUT2D eigenvalue weighted by molar-refractivity contribution is 0.790. The quantitative estimate of drug-likeness (QED) is 0.740. The number of aromatic nitrogens is 1. The van der Waals surface area contributed by atoms with Gasteiger partial charge in [0.25, 0.3) is 0 Å². The van der Waals surface area contributed by atoms with Gasteiger partial charge < -0.3 is 10.7 Å². The monoisotopic (exact) mass is 264 g/mol. The maximum atomic E-state index is 6.06. The fourth-order valence-corrected chi connectivity index (χ4v) is 2.96. The van der Waals surface area contributed by atoms with E-state index in [-0.39, 0.29) is 5.92 Å². The molecule has 3 N–H and O–H groups in total. The fourth-order valence-electron chi connectivity index (χ4n) is 2.96. The molecule has 0 aliphatic carbocycles. The average molecular weight is 264 g/mol. The van der Waals surface area contributed by atoms with E-state index in [9.17, 15) is 0 Å². The van der Waals surface area contributed by atoms with Crippen molar-refractivity contribution in [2.24, 2.45) is 5.73 Å². The van der Waals surface area contributed by atoms with Crippen LogP contribution in [0.15, 0.2) is 48.5 Å². The minimum atomic E-state index is 0.224. The van der Waals surface area contributed by atoms with Gasteiger partial charge in [-0.1, -0.05) is 48.0 Å². The molecule has 1 atom stereocenters. The Morgan fingerprint density at radius 1 is 1.05 bits per heavy atom. The number of nitrogens with one attached hydrogen (secondary N) is 1. The van der Waals surface area contributed by atoms with Crippen LogP contribution in [0.4, 0.5) is 0 Å². The molecule has 0 aliphatic rings. The van der Waals surface area contributed by atoms with Crippen molar-refractivity contribution in [3.05, 3.63) is 70.9 Å². The summed E-state index contributed by atoms with van der Waals surface area (Å²) in [6, 6.07) is 17.0. The van der Waals surface area contributed by atoms with Crippen LogP contribution in [0.3, 0.4) is 0 Å². The lowest BCUT2D eigenvalue weighted by Crippen LogP contribution is -2.15. The molecule has 0 radical (unpaired) electrons. The highest BCUT2D eigenvalue weighted by atomic mass is 14.7. The van der Waals surface area contributed by atoms with E-state index in [4.69, 9.17) is 5.73 Å². The van der Waals surface area contributed by atoms with E-state index in [1.165, 1.54) is 33.3 Å². The third-order valence-corrected chi connectivity index (χ3v) is 4.03. The van der Waals surface area contributed by atoms with E-state index in [1.54, 1.807) is 0 Å². The van der Waals surface area contributed by atoms with Gasteiger partial charge in [0.2, 0.25) is 0 Å². The third kappa shape index (κ3) is 2.12. The molecule has 2 nitrogen and oxygen atoms in total. The van der Waals surface area contributed by atoms with Crippen LogP contribution in [0.25, 0.3) is 10.9 Å². The van der Waals surface area contributed by atoms with Gasteiger partial charge in [0, 0.05) is 29.1 Å². The van der Waals surface area contributed by atoms with Crippen molar-refractivity contribution in [2.45, 2.75) is 19.8 Å². The average Bonchev–Trinajstić information content (AvgIpc) is 2.78. The van der Waals surface area contributed by atoms with Crippen LogP contribution < -0.4 is 5.73 Å². The Labute approximate surface area is 119 Å². The van der Waals surface area contributed by atoms with Crippen LogP contribution in [-0.4, -0.2) is 11.5 Å². The SMILES string of the molecule is Cc1cccc(C(CN)c2[nH]c3ccccc3c2C)c1. The molecule has 0 fully saturated rings. The normalized spacial score (nSPS) is 12.8. The second kappa shape index (κ2) is 5.14. The Morgan fingerprint density at radius 3 is 2.55 bits per heavy atom. The molecule has 20 heavy (non-hydrogen) atoms. The van der Waals surface area contributed by atoms with Gasteiger partial charge in [0.1, 0.15) is 0 Å². The summed E-state index contributed by atoms with van der Waals surface area (Å²) in [6.07, 6.45) is 0. The fraction of sp³-hybridized carbons (Fsp3) is 0.222. The van der Waals surface area contributed by atoms with E-state index in [2.05, 4.69) is 67.4 Å². The molecule has 3 aromatic rings. The third-order valence-electron chi connectivity index (χ3n) is 4.03. The molecule has 3 rings (SSSR count). The number of hydrogen-bond donors (Lipinski definition) is 2. The van der Waals surface area contributed by atoms with Gasteiger partial charge in [-0.3, -0.25) is 0 Å². The number of aryl methyl sites for hydroxylation is 2. The van der Waals surface area contributed by atoms with Gasteiger partial charge in [0.05, 0.1) is 0 Å². The van der Waals surface area contributed by atoms with Crippen molar-refractivity contribution >= 4 is 10.9 Å². The van der Waals surface area contributed by atoms with E-state index in [0.29, 0.717) is 6.54 Å². The molecule has 1 heterocycles. The van der Waals surface area contributed by atoms with Gasteiger partial charge in [-0.2, -0.15) is 0 Å². The first-order valence-electron chi connectivity index (χ1n) is 7.04. The maximum absolute atomic E-state index is 6.06. The molecule has 2 heteroatoms. The molecular formula is C18H20N2. The summed E-state index contributed by atoms with van der Waals surface area (Å²) in [5, 5.41) is 1.29. The molecule has 102 valence electrons. The van der Waals surface area contributed by atoms with Crippen molar-refractivity contribution < 1.29 is 0 Å². The number of benzene rings is 2. The predicted octanol–water partition coefficient (Wildman–Crippen LogP) is 3.88. The van der Waals surface area contributed by atoms with Crippen molar-refractivity contribution in [3.8, 4) is 0 Å². The largest absolute Gasteiger partial charge is 0.358 e. The number of para-hydroxylation sites is 1. The smallest absolute Gasteiger partial charge is 0.0459 e. The molecule has 1 unspecified atom stereocenters. The first kappa shape index (κ1) is 12.9. The van der Waals surface area contributed by atoms with Crippen molar-refractivity contribution in [3.63, 3.8) is 0 Å². The number of H-pyrrole nitrogens is 1. The number of hydrogen-bond acceptors (Lipinski definition) is 1. The van der Waals surface area contributed by atoms with Crippen LogP contribution in [0.2, 0.25) is 0 Å². The number of rotatable bonds is 3. The molecule has 2 aromatic carbocycles. The van der Waals surface area contributed by atoms with Crippen molar-refractivity contribution in [2.75, 3.05) is 6.54 Å². The summed E-state index contributed by atoms with van der Waals surface area (Å²) in [5.41, 5.74) is 12.3. The van der Waals surface area contributed by atoms with Crippen LogP contribution in [0.1, 0.15) is 28.3 Å². The van der Waals surface area contributed by atoms with Crippen LogP contribution >= 0.6 is 0 Å². The van der Waals surface area contributed by atoms with Crippen LogP contribution in [0, 0.1) is 13.8 Å². The highest BCUT2D eigenvalue weighted by Gasteiger charge is 2.18. The summed E-state index contributed by atoms with van der Waals surface area (Å²) in [4.78, 5) is 3.55. The van der Waals surface area contributed by atoms with E-state index < -0.39 is 0 Å². The van der Waals surface area contributed by atoms with Gasteiger partial charge in [-0.15, -0.1) is 0 Å². The highest BCUT2D eigenvalue weighted by molar-refractivity contribution is 5.84. The second-order valence-corrected chi connectivity index (χ2v) is 5.41. The summed E-state index contributed by atoms with van der Waals surface area (Å²) in [7, 11) is 0. The number of aromatic amines is 1. The predicted molar refractivity (Wildman–Crippen MR) is 85.1 cm³/mol. The van der Waals surface area contributed by atoms with Crippen molar-refractivity contribution in [1.29, 1.82) is 0 Å². The van der Waals surface area contributed by atoms with Gasteiger partial charge in [0.15, 0.2) is 0 Å². The Balaban J connectivity index is 2.14. The van der Waals surface area contributed by atoms with Gasteiger partial charge >= 0.3 is 0 Å². The minimum absolute atomic E-state index is 0.224. The zero-order valence-electron chi connectivity index (χ0n) is 12.0. The van der Waals surface area contributed by atoms with Crippen molar-refractivity contribution in [1.82, 2.24) is 4.98 Å². The zero-order valence-corrected chi connectivity index (χ0v) is 12.0. The molecule has 0 saturated carbocycles. The first-order chi connectivity index (χ1) is 9.70. The Kier molecular flexibility index (Phi) is 3.33. The second-order valence-electron chi connectivity index (χ2n) is 5.41. The number of fused-ring (bicyclic) bond motifs is 1. The Hall–Kier alpha value is -2.06. The summed E-state index contributed by atoms with van der Waals surface area (Å²) in [6.45, 7) is 4.90. The van der Waals surface area contributed by atoms with Crippen LogP contribution in [-0.2, 0) is 0 Å². The highest BCUT2D eigenvalue weighted by Crippen LogP contribution is 2.31. The molecule has 0 spiro atoms. The van der Waals surface area contributed by atoms with Gasteiger partial charge in [-0.25, -0.2) is 0 Å². The molecular weight excluding hydrogens is 244 g/mol. The molecule has 0 aliphatic heterocycles. The van der Waals surface area contributed by atoms with Crippen LogP contribution in [0.5, 0.6) is 0 Å². The molecule has 1 aromatic heterocycles. The maximum Gasteiger partial charge on any atom is 0.0459 e. The van der Waals surface area contributed by atoms with E-state index in [0.717, 1.165) is 0 Å².